The molecule has 0 nitrogen and oxygen atoms in total. The molecular weight excluding hydrogens is 112 g/mol. The van der Waals surface area contributed by atoms with Gasteiger partial charge in [-0.1, -0.05) is 7.43 Å². The Morgan fingerprint density at radius 2 is 1.50 bits per heavy atom. The quantitative estimate of drug-likeness (QED) is 0.266. The van der Waals surface area contributed by atoms with E-state index in [1.807, 2.05) is 6.26 Å². The molecular formula is C4H11S2-. The molecule has 0 fully saturated rings. The van der Waals surface area contributed by atoms with Crippen LogP contribution in [0.4, 0.5) is 0 Å². The highest BCUT2D eigenvalue weighted by atomic mass is 33.1. The highest BCUT2D eigenvalue weighted by molar-refractivity contribution is 8.75. The highest BCUT2D eigenvalue weighted by Gasteiger charge is 1.44. The van der Waals surface area contributed by atoms with E-state index in [0.29, 0.717) is 0 Å². The third-order valence-electron chi connectivity index (χ3n) is 0. The minimum atomic E-state index is -1.08. The summed E-state index contributed by atoms with van der Waals surface area (Å²) in [5, 5.41) is 0. The van der Waals surface area contributed by atoms with Crippen molar-refractivity contribution >= 4 is 31.6 Å². The Balaban J connectivity index is 0. The number of rotatable bonds is 0. The standard InChI is InChI=1S/C3H7S2.CH4/c1-5(2,3)4;/h1-2H2,3H3;1H4/q-1;. The van der Waals surface area contributed by atoms with Crippen LogP contribution >= 0.6 is 8.24 Å². The normalized spacial score (nSPS) is 9.67. The largest absolute Gasteiger partial charge is 0.728 e. The lowest BCUT2D eigenvalue weighted by Gasteiger charge is -2.08. The van der Waals surface area contributed by atoms with E-state index in [-0.39, 0.29) is 7.43 Å². The molecule has 6 heavy (non-hydrogen) atoms. The van der Waals surface area contributed by atoms with Crippen LogP contribution in [0.15, 0.2) is 0 Å². The second kappa shape index (κ2) is 2.59. The van der Waals surface area contributed by atoms with Gasteiger partial charge in [0.2, 0.25) is 0 Å². The second-order valence-electron chi connectivity index (χ2n) is 1.18. The minimum Gasteiger partial charge on any atom is -0.728 e. The Kier molecular flexibility index (Phi) is 4.17. The molecule has 0 aliphatic carbocycles. The van der Waals surface area contributed by atoms with Gasteiger partial charge in [-0.2, -0.15) is 0 Å². The van der Waals surface area contributed by atoms with Crippen LogP contribution in [0, 0.1) is 0 Å². The van der Waals surface area contributed by atoms with E-state index in [1.165, 1.54) is 0 Å². The van der Waals surface area contributed by atoms with Gasteiger partial charge < -0.3 is 19.9 Å². The van der Waals surface area contributed by atoms with E-state index in [9.17, 15) is 0 Å². The van der Waals surface area contributed by atoms with Gasteiger partial charge in [0.15, 0.2) is 0 Å². The van der Waals surface area contributed by atoms with Crippen molar-refractivity contribution in [1.82, 2.24) is 0 Å². The average Bonchev–Trinajstić information content (AvgIpc) is 0.722. The zero-order valence-electron chi connectivity index (χ0n) is 3.23. The molecule has 0 aliphatic heterocycles. The lowest BCUT2D eigenvalue weighted by atomic mass is 11.9. The highest BCUT2D eigenvalue weighted by Crippen LogP contribution is 2.03. The van der Waals surface area contributed by atoms with Gasteiger partial charge in [-0.25, -0.2) is 0 Å². The fourth-order valence-corrected chi connectivity index (χ4v) is 0. The summed E-state index contributed by atoms with van der Waals surface area (Å²) in [5.74, 6) is 7.12. The van der Waals surface area contributed by atoms with Crippen molar-refractivity contribution in [3.8, 4) is 0 Å². The van der Waals surface area contributed by atoms with Crippen molar-refractivity contribution in [1.29, 1.82) is 0 Å². The Hall–Kier alpha value is 0.440. The van der Waals surface area contributed by atoms with E-state index >= 15 is 0 Å². The van der Waals surface area contributed by atoms with Crippen LogP contribution < -0.4 is 0 Å². The summed E-state index contributed by atoms with van der Waals surface area (Å²) in [4.78, 5) is 0. The van der Waals surface area contributed by atoms with E-state index in [2.05, 4.69) is 23.4 Å². The first-order valence-electron chi connectivity index (χ1n) is 1.15. The smallest absolute Gasteiger partial charge is 0.0491 e. The lowest BCUT2D eigenvalue weighted by Crippen LogP contribution is -1.54. The van der Waals surface area contributed by atoms with Crippen molar-refractivity contribution in [3.05, 3.63) is 0 Å². The van der Waals surface area contributed by atoms with E-state index in [0.717, 1.165) is 0 Å². The van der Waals surface area contributed by atoms with Gasteiger partial charge in [-0.05, 0) is 6.26 Å². The minimum absolute atomic E-state index is 0. The molecule has 0 spiro atoms. The molecule has 0 aromatic carbocycles. The van der Waals surface area contributed by atoms with E-state index < -0.39 is 8.24 Å². The first kappa shape index (κ1) is 9.67. The third-order valence-corrected chi connectivity index (χ3v) is 0. The van der Waals surface area contributed by atoms with Crippen LogP contribution in [-0.2, 0) is 11.7 Å². The lowest BCUT2D eigenvalue weighted by molar-refractivity contribution is 2.50. The summed E-state index contributed by atoms with van der Waals surface area (Å²) < 4.78 is 0. The van der Waals surface area contributed by atoms with Gasteiger partial charge in [0.1, 0.15) is 0 Å². The summed E-state index contributed by atoms with van der Waals surface area (Å²) in [7, 11) is -1.08. The van der Waals surface area contributed by atoms with Crippen LogP contribution in [0.25, 0.3) is 0 Å². The molecule has 0 saturated heterocycles. The molecule has 0 bridgehead atoms. The van der Waals surface area contributed by atoms with Gasteiger partial charge in [0.05, 0.1) is 0 Å². The molecule has 0 aliphatic rings. The van der Waals surface area contributed by atoms with Gasteiger partial charge in [0.25, 0.3) is 0 Å². The zero-order chi connectivity index (χ0) is 4.50. The van der Waals surface area contributed by atoms with Gasteiger partial charge in [-0.3, -0.25) is 0 Å². The molecule has 0 unspecified atom stereocenters. The Labute approximate surface area is 45.9 Å². The third kappa shape index (κ3) is 271. The fraction of sp³-hybridized carbons (Fsp3) is 0.500. The number of hydrogen-bond acceptors (Lipinski definition) is 1. The topological polar surface area (TPSA) is 0 Å². The summed E-state index contributed by atoms with van der Waals surface area (Å²) in [6.07, 6.45) is 1.86. The summed E-state index contributed by atoms with van der Waals surface area (Å²) in [5.41, 5.74) is 0. The van der Waals surface area contributed by atoms with Crippen LogP contribution in [0.3, 0.4) is 0 Å². The fourth-order valence-electron chi connectivity index (χ4n) is 0. The molecule has 0 aromatic heterocycles. The predicted octanol–water partition coefficient (Wildman–Crippen LogP) is 1.38. The predicted molar refractivity (Wildman–Crippen MR) is 41.9 cm³/mol. The Morgan fingerprint density at radius 1 is 1.50 bits per heavy atom. The maximum absolute atomic E-state index is 4.69. The molecule has 2 heteroatoms. The molecule has 0 saturated carbocycles. The van der Waals surface area contributed by atoms with E-state index in [1.54, 1.807) is 0 Å². The van der Waals surface area contributed by atoms with Crippen LogP contribution in [-0.4, -0.2) is 18.0 Å². The van der Waals surface area contributed by atoms with Gasteiger partial charge in [-0.15, -0.1) is 11.7 Å². The van der Waals surface area contributed by atoms with Gasteiger partial charge in [0, 0.05) is 0 Å². The van der Waals surface area contributed by atoms with E-state index in [4.69, 9.17) is 0 Å². The van der Waals surface area contributed by atoms with Gasteiger partial charge >= 0.3 is 0 Å². The van der Waals surface area contributed by atoms with Crippen LogP contribution in [0.2, 0.25) is 0 Å². The van der Waals surface area contributed by atoms with Crippen molar-refractivity contribution in [2.75, 3.05) is 6.26 Å². The van der Waals surface area contributed by atoms with Crippen molar-refractivity contribution < 1.29 is 0 Å². The maximum atomic E-state index is 4.69. The number of hydrogen-bond donors (Lipinski definition) is 0. The average molecular weight is 123 g/mol. The second-order valence-corrected chi connectivity index (χ2v) is 5.97. The monoisotopic (exact) mass is 123 g/mol. The molecule has 0 N–H and O–H groups in total. The summed E-state index contributed by atoms with van der Waals surface area (Å²) in [6, 6.07) is 0. The maximum Gasteiger partial charge on any atom is -0.0491 e. The summed E-state index contributed by atoms with van der Waals surface area (Å²) >= 11 is 4.69. The molecule has 40 valence electrons. The molecule has 0 heterocycles. The first-order chi connectivity index (χ1) is 2.00. The van der Waals surface area contributed by atoms with Crippen molar-refractivity contribution in [2.45, 2.75) is 7.43 Å². The molecule has 0 amide bonds. The summed E-state index contributed by atoms with van der Waals surface area (Å²) in [6.45, 7) is 0. The van der Waals surface area contributed by atoms with Crippen molar-refractivity contribution in [2.24, 2.45) is 0 Å². The molecule has 0 radical (unpaired) electrons. The Morgan fingerprint density at radius 3 is 1.50 bits per heavy atom. The SMILES string of the molecule is C.C=S(=C)(C)[S-]. The Bertz CT molecular complexity index is 88.7. The zero-order valence-corrected chi connectivity index (χ0v) is 4.86. The molecule has 0 atom stereocenters. The van der Waals surface area contributed by atoms with Crippen LogP contribution in [0.1, 0.15) is 7.43 Å². The van der Waals surface area contributed by atoms with Crippen molar-refractivity contribution in [3.63, 3.8) is 0 Å². The van der Waals surface area contributed by atoms with Crippen LogP contribution in [0.5, 0.6) is 0 Å². The first-order valence-corrected chi connectivity index (χ1v) is 4.46. The molecule has 0 aromatic rings. The molecule has 0 rings (SSSR count).